The van der Waals surface area contributed by atoms with Crippen LogP contribution in [0.15, 0.2) is 29.2 Å². The van der Waals surface area contributed by atoms with Crippen LogP contribution >= 0.6 is 23.4 Å². The van der Waals surface area contributed by atoms with Gasteiger partial charge in [-0.1, -0.05) is 11.6 Å². The topological polar surface area (TPSA) is 57.6 Å². The van der Waals surface area contributed by atoms with Crippen LogP contribution in [0.4, 0.5) is 0 Å². The van der Waals surface area contributed by atoms with Gasteiger partial charge in [0.1, 0.15) is 0 Å². The molecule has 0 aliphatic heterocycles. The molecule has 4 nitrogen and oxygen atoms in total. The van der Waals surface area contributed by atoms with E-state index in [-0.39, 0.29) is 18.9 Å². The molecule has 1 aromatic carbocycles. The summed E-state index contributed by atoms with van der Waals surface area (Å²) in [5.41, 5.74) is 0. The summed E-state index contributed by atoms with van der Waals surface area (Å²) < 4.78 is 0. The van der Waals surface area contributed by atoms with E-state index >= 15 is 0 Å². The van der Waals surface area contributed by atoms with Gasteiger partial charge in [-0.25, -0.2) is 0 Å². The van der Waals surface area contributed by atoms with Crippen LogP contribution in [-0.4, -0.2) is 41.2 Å². The first-order chi connectivity index (χ1) is 8.99. The van der Waals surface area contributed by atoms with Crippen molar-refractivity contribution in [2.75, 3.05) is 19.3 Å². The maximum atomic E-state index is 11.7. The molecule has 0 bridgehead atoms. The van der Waals surface area contributed by atoms with Crippen molar-refractivity contribution < 1.29 is 14.7 Å². The highest BCUT2D eigenvalue weighted by Crippen LogP contribution is 2.21. The molecule has 0 atom stereocenters. The molecule has 0 heterocycles. The number of amides is 1. The van der Waals surface area contributed by atoms with E-state index in [0.717, 1.165) is 4.90 Å². The second-order valence-corrected chi connectivity index (χ2v) is 5.62. The smallest absolute Gasteiger partial charge is 0.305 e. The Morgan fingerprint density at radius 1 is 1.26 bits per heavy atom. The normalized spacial score (nSPS) is 10.2. The lowest BCUT2D eigenvalue weighted by molar-refractivity contribution is -0.138. The lowest BCUT2D eigenvalue weighted by atomic mass is 10.3. The molecule has 0 saturated carbocycles. The second kappa shape index (κ2) is 8.07. The number of carboxylic acid groups (broad SMARTS) is 1. The van der Waals surface area contributed by atoms with Crippen molar-refractivity contribution in [2.45, 2.75) is 17.7 Å². The summed E-state index contributed by atoms with van der Waals surface area (Å²) in [6.45, 7) is 0.250. The van der Waals surface area contributed by atoms with E-state index in [9.17, 15) is 9.59 Å². The standard InChI is InChI=1S/C13H16ClNO3S/c1-15(8-6-13(17)18)12(16)7-9-19-11-4-2-10(14)3-5-11/h2-5H,6-9H2,1H3,(H,17,18). The summed E-state index contributed by atoms with van der Waals surface area (Å²) in [5.74, 6) is -0.268. The SMILES string of the molecule is CN(CCC(=O)O)C(=O)CCSc1ccc(Cl)cc1. The van der Waals surface area contributed by atoms with Crippen LogP contribution in [0.5, 0.6) is 0 Å². The number of carbonyl (C=O) groups is 2. The third kappa shape index (κ3) is 6.50. The number of halogens is 1. The summed E-state index contributed by atoms with van der Waals surface area (Å²) in [6.07, 6.45) is 0.371. The fourth-order valence-electron chi connectivity index (χ4n) is 1.37. The number of aliphatic carboxylic acids is 1. The van der Waals surface area contributed by atoms with Gasteiger partial charge in [0.2, 0.25) is 5.91 Å². The van der Waals surface area contributed by atoms with Crippen LogP contribution in [0, 0.1) is 0 Å². The highest BCUT2D eigenvalue weighted by atomic mass is 35.5. The Morgan fingerprint density at radius 3 is 2.47 bits per heavy atom. The molecule has 104 valence electrons. The second-order valence-electron chi connectivity index (χ2n) is 4.01. The number of hydrogen-bond donors (Lipinski definition) is 1. The van der Waals surface area contributed by atoms with E-state index in [1.165, 1.54) is 4.90 Å². The van der Waals surface area contributed by atoms with Gasteiger partial charge in [0.05, 0.1) is 6.42 Å². The first kappa shape index (κ1) is 15.9. The van der Waals surface area contributed by atoms with Crippen molar-refractivity contribution >= 4 is 35.2 Å². The monoisotopic (exact) mass is 301 g/mol. The molecule has 1 aromatic rings. The van der Waals surface area contributed by atoms with Crippen LogP contribution in [0.1, 0.15) is 12.8 Å². The Morgan fingerprint density at radius 2 is 1.89 bits per heavy atom. The number of rotatable bonds is 7. The molecule has 0 spiro atoms. The van der Waals surface area contributed by atoms with Crippen molar-refractivity contribution in [2.24, 2.45) is 0 Å². The summed E-state index contributed by atoms with van der Waals surface area (Å²) in [7, 11) is 1.62. The zero-order chi connectivity index (χ0) is 14.3. The molecule has 1 N–H and O–H groups in total. The van der Waals surface area contributed by atoms with Gasteiger partial charge in [-0.15, -0.1) is 11.8 Å². The van der Waals surface area contributed by atoms with Gasteiger partial charge in [-0.3, -0.25) is 9.59 Å². The van der Waals surface area contributed by atoms with Crippen LogP contribution in [0.3, 0.4) is 0 Å². The van der Waals surface area contributed by atoms with Gasteiger partial charge in [0.15, 0.2) is 0 Å². The largest absolute Gasteiger partial charge is 0.481 e. The summed E-state index contributed by atoms with van der Waals surface area (Å²) in [6, 6.07) is 7.44. The number of carbonyl (C=O) groups excluding carboxylic acids is 1. The minimum Gasteiger partial charge on any atom is -0.481 e. The van der Waals surface area contributed by atoms with Crippen molar-refractivity contribution in [1.29, 1.82) is 0 Å². The van der Waals surface area contributed by atoms with Crippen molar-refractivity contribution in [3.05, 3.63) is 29.3 Å². The highest BCUT2D eigenvalue weighted by Gasteiger charge is 2.10. The summed E-state index contributed by atoms with van der Waals surface area (Å²) in [4.78, 5) is 24.6. The first-order valence-corrected chi connectivity index (χ1v) is 7.19. The van der Waals surface area contributed by atoms with E-state index in [2.05, 4.69) is 0 Å². The van der Waals surface area contributed by atoms with E-state index in [1.54, 1.807) is 18.8 Å². The zero-order valence-electron chi connectivity index (χ0n) is 10.6. The Hall–Kier alpha value is -1.20. The quantitative estimate of drug-likeness (QED) is 0.787. The molecule has 6 heteroatoms. The lowest BCUT2D eigenvalue weighted by Gasteiger charge is -2.15. The molecule has 0 unspecified atom stereocenters. The molecular weight excluding hydrogens is 286 g/mol. The third-order valence-electron chi connectivity index (χ3n) is 2.49. The molecule has 0 aliphatic rings. The van der Waals surface area contributed by atoms with Crippen LogP contribution in [-0.2, 0) is 9.59 Å². The summed E-state index contributed by atoms with van der Waals surface area (Å²) >= 11 is 7.36. The van der Waals surface area contributed by atoms with Gasteiger partial charge in [0.25, 0.3) is 0 Å². The van der Waals surface area contributed by atoms with Crippen LogP contribution in [0.2, 0.25) is 5.02 Å². The zero-order valence-corrected chi connectivity index (χ0v) is 12.2. The molecule has 1 rings (SSSR count). The third-order valence-corrected chi connectivity index (χ3v) is 3.75. The van der Waals surface area contributed by atoms with Crippen LogP contribution in [0.25, 0.3) is 0 Å². The van der Waals surface area contributed by atoms with Gasteiger partial charge in [0, 0.05) is 35.7 Å². The Balaban J connectivity index is 2.26. The fourth-order valence-corrected chi connectivity index (χ4v) is 2.33. The summed E-state index contributed by atoms with van der Waals surface area (Å²) in [5, 5.41) is 9.23. The Bertz CT molecular complexity index is 436. The molecule has 0 aliphatic carbocycles. The predicted molar refractivity (Wildman–Crippen MR) is 76.7 cm³/mol. The van der Waals surface area contributed by atoms with Gasteiger partial charge >= 0.3 is 5.97 Å². The maximum absolute atomic E-state index is 11.7. The van der Waals surface area contributed by atoms with Gasteiger partial charge in [-0.05, 0) is 24.3 Å². The molecule has 19 heavy (non-hydrogen) atoms. The first-order valence-electron chi connectivity index (χ1n) is 5.83. The number of carboxylic acids is 1. The maximum Gasteiger partial charge on any atom is 0.305 e. The highest BCUT2D eigenvalue weighted by molar-refractivity contribution is 7.99. The molecular formula is C13H16ClNO3S. The van der Waals surface area contributed by atoms with E-state index < -0.39 is 5.97 Å². The van der Waals surface area contributed by atoms with Crippen LogP contribution < -0.4 is 0 Å². The molecule has 1 amide bonds. The minimum atomic E-state index is -0.893. The van der Waals surface area contributed by atoms with Crippen molar-refractivity contribution in [1.82, 2.24) is 4.90 Å². The molecule has 0 aromatic heterocycles. The lowest BCUT2D eigenvalue weighted by Crippen LogP contribution is -2.29. The van der Waals surface area contributed by atoms with Crippen molar-refractivity contribution in [3.63, 3.8) is 0 Å². The average Bonchev–Trinajstić information content (AvgIpc) is 2.38. The number of nitrogens with zero attached hydrogens (tertiary/aromatic N) is 1. The fraction of sp³-hybridized carbons (Fsp3) is 0.385. The number of thioether (sulfide) groups is 1. The Labute approximate surface area is 121 Å². The van der Waals surface area contributed by atoms with Gasteiger partial charge < -0.3 is 10.0 Å². The van der Waals surface area contributed by atoms with E-state index in [4.69, 9.17) is 16.7 Å². The molecule has 0 radical (unpaired) electrons. The van der Waals surface area contributed by atoms with E-state index in [1.807, 2.05) is 24.3 Å². The average molecular weight is 302 g/mol. The number of benzene rings is 1. The molecule has 0 fully saturated rings. The number of hydrogen-bond acceptors (Lipinski definition) is 3. The molecule has 0 saturated heterocycles. The predicted octanol–water partition coefficient (Wildman–Crippen LogP) is 2.76. The minimum absolute atomic E-state index is 0.0213. The van der Waals surface area contributed by atoms with Crippen molar-refractivity contribution in [3.8, 4) is 0 Å². The van der Waals surface area contributed by atoms with E-state index in [0.29, 0.717) is 17.2 Å². The Kier molecular flexibility index (Phi) is 6.73. The van der Waals surface area contributed by atoms with Gasteiger partial charge in [-0.2, -0.15) is 0 Å².